The number of nitrogens with zero attached hydrogens (tertiary/aromatic N) is 2. The molecule has 2 aromatic rings. The van der Waals surface area contributed by atoms with Crippen molar-refractivity contribution in [3.63, 3.8) is 0 Å². The van der Waals surface area contributed by atoms with Gasteiger partial charge in [0.25, 0.3) is 11.8 Å². The third kappa shape index (κ3) is 3.03. The zero-order valence-electron chi connectivity index (χ0n) is 16.2. The van der Waals surface area contributed by atoms with Crippen LogP contribution in [0.15, 0.2) is 30.7 Å². The van der Waals surface area contributed by atoms with Gasteiger partial charge in [0.2, 0.25) is 0 Å². The summed E-state index contributed by atoms with van der Waals surface area (Å²) in [6.07, 6.45) is 7.50. The number of rotatable bonds is 5. The molecule has 148 valence electrons. The van der Waals surface area contributed by atoms with Crippen molar-refractivity contribution in [2.75, 3.05) is 6.61 Å². The molecule has 1 aliphatic carbocycles. The van der Waals surface area contributed by atoms with E-state index >= 15 is 0 Å². The molecule has 2 saturated heterocycles. The highest BCUT2D eigenvalue weighted by molar-refractivity contribution is 6.09. The molecular formula is C20H24N4O4. The number of carbonyl (C=O) groups is 2. The van der Waals surface area contributed by atoms with Crippen molar-refractivity contribution >= 4 is 17.5 Å². The number of aromatic nitrogens is 2. The molecule has 8 nitrogen and oxygen atoms in total. The molecule has 2 bridgehead atoms. The summed E-state index contributed by atoms with van der Waals surface area (Å²) in [4.78, 5) is 29.1. The summed E-state index contributed by atoms with van der Waals surface area (Å²) in [5.41, 5.74) is 7.01. The van der Waals surface area contributed by atoms with Gasteiger partial charge in [-0.25, -0.2) is 4.98 Å². The minimum absolute atomic E-state index is 0.0381. The summed E-state index contributed by atoms with van der Waals surface area (Å²) in [5, 5.41) is 2.28. The monoisotopic (exact) mass is 384 g/mol. The van der Waals surface area contributed by atoms with Crippen molar-refractivity contribution in [3.8, 4) is 5.75 Å². The van der Waals surface area contributed by atoms with Crippen molar-refractivity contribution in [1.82, 2.24) is 14.7 Å². The standard InChI is InChI=1S/C20H24N4O4/c1-12(2)28-14-6-16-22-15(20-9-19(3,10-20)27-11-20)8-24(16)7-13(14)18(26)23-17(25)4-5-21/h4-8,12H,9-11,21H2,1-3H3,(H,23,25,26). The maximum absolute atomic E-state index is 12.6. The fraction of sp³-hybridized carbons (Fsp3) is 0.450. The molecule has 0 unspecified atom stereocenters. The number of nitrogens with two attached hydrogens (primary N) is 1. The molecule has 8 heteroatoms. The van der Waals surface area contributed by atoms with Crippen LogP contribution in [0.3, 0.4) is 0 Å². The van der Waals surface area contributed by atoms with E-state index in [2.05, 4.69) is 12.2 Å². The van der Waals surface area contributed by atoms with Gasteiger partial charge in [-0.05, 0) is 39.8 Å². The molecule has 0 radical (unpaired) electrons. The molecule has 28 heavy (non-hydrogen) atoms. The lowest BCUT2D eigenvalue weighted by Gasteiger charge is -2.41. The van der Waals surface area contributed by atoms with E-state index in [0.29, 0.717) is 18.0 Å². The topological polar surface area (TPSA) is 108 Å². The van der Waals surface area contributed by atoms with E-state index in [9.17, 15) is 9.59 Å². The van der Waals surface area contributed by atoms with Crippen LogP contribution in [0.25, 0.3) is 5.65 Å². The highest BCUT2D eigenvalue weighted by atomic mass is 16.5. The molecule has 3 aliphatic rings. The number of carbonyl (C=O) groups excluding carboxylic acids is 2. The van der Waals surface area contributed by atoms with Crippen LogP contribution in [-0.4, -0.2) is 39.5 Å². The summed E-state index contributed by atoms with van der Waals surface area (Å²) in [5.74, 6) is -0.778. The number of ether oxygens (including phenoxy) is 2. The van der Waals surface area contributed by atoms with E-state index in [0.717, 1.165) is 30.8 Å². The second kappa shape index (κ2) is 6.34. The van der Waals surface area contributed by atoms with E-state index in [1.807, 2.05) is 20.0 Å². The Morgan fingerprint density at radius 3 is 2.75 bits per heavy atom. The summed E-state index contributed by atoms with van der Waals surface area (Å²) in [6.45, 7) is 6.53. The second-order valence-corrected chi connectivity index (χ2v) is 8.16. The number of imidazole rings is 1. The molecule has 0 atom stereocenters. The Morgan fingerprint density at radius 1 is 1.39 bits per heavy atom. The van der Waals surface area contributed by atoms with Crippen LogP contribution < -0.4 is 15.8 Å². The van der Waals surface area contributed by atoms with Crippen molar-refractivity contribution in [1.29, 1.82) is 0 Å². The van der Waals surface area contributed by atoms with Gasteiger partial charge >= 0.3 is 0 Å². The number of fused-ring (bicyclic) bond motifs is 2. The maximum atomic E-state index is 12.6. The molecule has 2 aliphatic heterocycles. The lowest BCUT2D eigenvalue weighted by atomic mass is 9.62. The molecule has 5 rings (SSSR count). The summed E-state index contributed by atoms with van der Waals surface area (Å²) < 4.78 is 13.5. The third-order valence-corrected chi connectivity index (χ3v) is 5.31. The largest absolute Gasteiger partial charge is 0.490 e. The Morgan fingerprint density at radius 2 is 2.14 bits per heavy atom. The number of hydrogen-bond acceptors (Lipinski definition) is 6. The normalized spacial score (nSPS) is 26.0. The molecule has 1 saturated carbocycles. The first-order valence-corrected chi connectivity index (χ1v) is 9.31. The van der Waals surface area contributed by atoms with Crippen LogP contribution in [0.4, 0.5) is 0 Å². The van der Waals surface area contributed by atoms with Crippen LogP contribution in [0.5, 0.6) is 5.75 Å². The first-order chi connectivity index (χ1) is 13.2. The number of amides is 2. The van der Waals surface area contributed by atoms with Gasteiger partial charge in [0.05, 0.1) is 29.6 Å². The minimum atomic E-state index is -0.592. The van der Waals surface area contributed by atoms with Crippen LogP contribution in [0.2, 0.25) is 0 Å². The summed E-state index contributed by atoms with van der Waals surface area (Å²) in [6, 6.07) is 1.73. The Kier molecular flexibility index (Phi) is 4.19. The average Bonchev–Trinajstić information content (AvgIpc) is 3.23. The number of nitrogens with one attached hydrogen (secondary N) is 1. The predicted octanol–water partition coefficient (Wildman–Crippen LogP) is 1.67. The van der Waals surface area contributed by atoms with Crippen molar-refractivity contribution in [2.24, 2.45) is 5.73 Å². The van der Waals surface area contributed by atoms with Crippen molar-refractivity contribution in [2.45, 2.75) is 50.7 Å². The van der Waals surface area contributed by atoms with Crippen molar-refractivity contribution < 1.29 is 19.1 Å². The first kappa shape index (κ1) is 18.5. The van der Waals surface area contributed by atoms with E-state index in [4.69, 9.17) is 20.2 Å². The van der Waals surface area contributed by atoms with Crippen LogP contribution in [0, 0.1) is 0 Å². The fourth-order valence-electron chi connectivity index (χ4n) is 4.25. The highest BCUT2D eigenvalue weighted by Crippen LogP contribution is 2.58. The molecule has 0 spiro atoms. The first-order valence-electron chi connectivity index (χ1n) is 9.31. The second-order valence-electron chi connectivity index (χ2n) is 8.16. The van der Waals surface area contributed by atoms with E-state index in [1.54, 1.807) is 16.7 Å². The zero-order valence-corrected chi connectivity index (χ0v) is 16.2. The van der Waals surface area contributed by atoms with E-state index in [1.165, 1.54) is 0 Å². The van der Waals surface area contributed by atoms with Gasteiger partial charge in [-0.3, -0.25) is 14.9 Å². The molecule has 3 N–H and O–H groups in total. The molecule has 2 amide bonds. The molecule has 4 heterocycles. The number of imide groups is 1. The van der Waals surface area contributed by atoms with Gasteiger partial charge in [-0.1, -0.05) is 0 Å². The van der Waals surface area contributed by atoms with Crippen molar-refractivity contribution in [3.05, 3.63) is 42.0 Å². The van der Waals surface area contributed by atoms with Gasteiger partial charge in [-0.15, -0.1) is 0 Å². The Hall–Kier alpha value is -2.87. The average molecular weight is 384 g/mol. The lowest BCUT2D eigenvalue weighted by molar-refractivity contribution is -0.115. The Bertz CT molecular complexity index is 985. The van der Waals surface area contributed by atoms with Gasteiger partial charge in [0, 0.05) is 30.0 Å². The minimum Gasteiger partial charge on any atom is -0.490 e. The van der Waals surface area contributed by atoms with Gasteiger partial charge in [0.15, 0.2) is 0 Å². The smallest absolute Gasteiger partial charge is 0.263 e. The SMILES string of the molecule is CC(C)Oc1cc2nc(C34COC(C)(C3)C4)cn2cc1C(=O)NC(=O)C=CN. The van der Waals surface area contributed by atoms with Gasteiger partial charge in [0.1, 0.15) is 11.4 Å². The predicted molar refractivity (Wildman–Crippen MR) is 102 cm³/mol. The maximum Gasteiger partial charge on any atom is 0.263 e. The molecule has 3 fully saturated rings. The quantitative estimate of drug-likeness (QED) is 0.759. The summed E-state index contributed by atoms with van der Waals surface area (Å²) >= 11 is 0. The highest BCUT2D eigenvalue weighted by Gasteiger charge is 2.61. The molecule has 2 aromatic heterocycles. The van der Waals surface area contributed by atoms with Gasteiger partial charge < -0.3 is 19.6 Å². The van der Waals surface area contributed by atoms with E-state index < -0.39 is 11.8 Å². The third-order valence-electron chi connectivity index (χ3n) is 5.31. The Labute approximate surface area is 162 Å². The summed E-state index contributed by atoms with van der Waals surface area (Å²) in [7, 11) is 0. The fourth-order valence-corrected chi connectivity index (χ4v) is 4.25. The molecule has 0 aromatic carbocycles. The number of pyridine rings is 1. The van der Waals surface area contributed by atoms with Crippen LogP contribution in [0.1, 0.15) is 49.7 Å². The van der Waals surface area contributed by atoms with Crippen LogP contribution in [-0.2, 0) is 14.9 Å². The van der Waals surface area contributed by atoms with Crippen LogP contribution >= 0.6 is 0 Å². The molecular weight excluding hydrogens is 360 g/mol. The van der Waals surface area contributed by atoms with Gasteiger partial charge in [-0.2, -0.15) is 0 Å². The lowest BCUT2D eigenvalue weighted by Crippen LogP contribution is -2.45. The van der Waals surface area contributed by atoms with E-state index in [-0.39, 0.29) is 22.7 Å². The zero-order chi connectivity index (χ0) is 20.1. The number of hydrogen-bond donors (Lipinski definition) is 2. The Balaban J connectivity index is 1.71.